The highest BCUT2D eigenvalue weighted by Crippen LogP contribution is 2.46. The number of nitrogens with one attached hydrogen (secondary N) is 1. The highest BCUT2D eigenvalue weighted by atomic mass is 35.5. The molecule has 4 atom stereocenters. The number of hydrogen-bond acceptors (Lipinski definition) is 8. The van der Waals surface area contributed by atoms with E-state index in [1.54, 1.807) is 28.8 Å². The Morgan fingerprint density at radius 2 is 1.87 bits per heavy atom. The van der Waals surface area contributed by atoms with Crippen molar-refractivity contribution in [1.82, 2.24) is 14.8 Å². The van der Waals surface area contributed by atoms with Gasteiger partial charge in [0.05, 0.1) is 12.6 Å². The van der Waals surface area contributed by atoms with Crippen molar-refractivity contribution in [2.75, 3.05) is 11.9 Å². The molecule has 1 aliphatic carbocycles. The van der Waals surface area contributed by atoms with Crippen molar-refractivity contribution in [2.24, 2.45) is 5.41 Å². The van der Waals surface area contributed by atoms with Gasteiger partial charge in [-0.25, -0.2) is 0 Å². The van der Waals surface area contributed by atoms with E-state index in [0.717, 1.165) is 11.3 Å². The van der Waals surface area contributed by atoms with E-state index in [1.165, 1.54) is 0 Å². The van der Waals surface area contributed by atoms with Crippen LogP contribution in [0, 0.1) is 5.41 Å². The summed E-state index contributed by atoms with van der Waals surface area (Å²) >= 11 is 6.06. The second kappa shape index (κ2) is 7.99. The van der Waals surface area contributed by atoms with Crippen molar-refractivity contribution in [2.45, 2.75) is 51.0 Å². The number of rotatable bonds is 5. The van der Waals surface area contributed by atoms with Crippen LogP contribution in [0.3, 0.4) is 0 Å². The van der Waals surface area contributed by atoms with Gasteiger partial charge in [-0.05, 0) is 29.5 Å². The number of aromatic nitrogens is 3. The zero-order valence-corrected chi connectivity index (χ0v) is 17.9. The Hall–Kier alpha value is -2.30. The number of hydrogen-bond donors (Lipinski definition) is 5. The van der Waals surface area contributed by atoms with Crippen molar-refractivity contribution in [1.29, 1.82) is 0 Å². The molecule has 0 saturated heterocycles. The Morgan fingerprint density at radius 1 is 1.19 bits per heavy atom. The molecule has 4 rings (SSSR count). The fourth-order valence-corrected chi connectivity index (χ4v) is 4.43. The maximum absolute atomic E-state index is 13.2. The summed E-state index contributed by atoms with van der Waals surface area (Å²) in [6.07, 6.45) is -3.91. The summed E-state index contributed by atoms with van der Waals surface area (Å²) in [6.45, 7) is 3.31. The standard InChI is InChI=1S/C21H25ClN4O5/c1-21(2)7-12-15(13(28)8-21)16(10-3-5-11(22)6-4-10)26-19(24-25-20(26)23-12)18(31)17(30)14(29)9-27/h3-6,14,16-18,27,29-31H,7-9H2,1-2H3,(H,23,25)/t14-,16?,17-,18+/m1/s1. The molecule has 2 aromatic rings. The number of nitrogens with zero attached hydrogens (tertiary/aromatic N) is 3. The number of Topliss-reactive ketones (excluding diaryl/α,β-unsaturated/α-hetero) is 1. The predicted octanol–water partition coefficient (Wildman–Crippen LogP) is 1.34. The topological polar surface area (TPSA) is 141 Å². The van der Waals surface area contributed by atoms with Crippen molar-refractivity contribution in [3.63, 3.8) is 0 Å². The number of benzene rings is 1. The zero-order chi connectivity index (χ0) is 22.5. The van der Waals surface area contributed by atoms with Gasteiger partial charge in [0.1, 0.15) is 18.3 Å². The SMILES string of the molecule is CC1(C)CC(=O)C2=C(C1)Nc1nnc([C@@H](O)[C@H](O)[C@H](O)CO)n1C2c1ccc(Cl)cc1. The van der Waals surface area contributed by atoms with E-state index in [4.69, 9.17) is 16.7 Å². The third-order valence-corrected chi connectivity index (χ3v) is 6.04. The van der Waals surface area contributed by atoms with Crippen LogP contribution in [0.5, 0.6) is 0 Å². The van der Waals surface area contributed by atoms with E-state index in [1.807, 2.05) is 13.8 Å². The first-order valence-electron chi connectivity index (χ1n) is 10.0. The molecular formula is C21H25ClN4O5. The van der Waals surface area contributed by atoms with Crippen LogP contribution in [0.1, 0.15) is 50.2 Å². The molecule has 2 aliphatic rings. The molecular weight excluding hydrogens is 424 g/mol. The van der Waals surface area contributed by atoms with Crippen LogP contribution < -0.4 is 5.32 Å². The summed E-state index contributed by atoms with van der Waals surface area (Å²) in [6, 6.07) is 6.34. The molecule has 0 spiro atoms. The van der Waals surface area contributed by atoms with E-state index < -0.39 is 31.0 Å². The van der Waals surface area contributed by atoms with Crippen LogP contribution in [-0.4, -0.2) is 59.8 Å². The van der Waals surface area contributed by atoms with Crippen LogP contribution >= 0.6 is 11.6 Å². The number of halogens is 1. The maximum Gasteiger partial charge on any atom is 0.229 e. The minimum Gasteiger partial charge on any atom is -0.394 e. The largest absolute Gasteiger partial charge is 0.394 e. The maximum atomic E-state index is 13.2. The van der Waals surface area contributed by atoms with Gasteiger partial charge in [0, 0.05) is 22.7 Å². The summed E-state index contributed by atoms with van der Waals surface area (Å²) in [5.74, 6) is 0.241. The van der Waals surface area contributed by atoms with Gasteiger partial charge in [0.25, 0.3) is 0 Å². The molecule has 0 radical (unpaired) electrons. The van der Waals surface area contributed by atoms with Crippen LogP contribution in [-0.2, 0) is 4.79 Å². The lowest BCUT2D eigenvalue weighted by Gasteiger charge is -2.39. The lowest BCUT2D eigenvalue weighted by atomic mass is 9.73. The Bertz CT molecular complexity index is 1030. The first-order chi connectivity index (χ1) is 14.6. The van der Waals surface area contributed by atoms with E-state index >= 15 is 0 Å². The molecule has 2 heterocycles. The molecule has 1 unspecified atom stereocenters. The molecule has 10 heteroatoms. The van der Waals surface area contributed by atoms with Crippen LogP contribution in [0.2, 0.25) is 5.02 Å². The van der Waals surface area contributed by atoms with Crippen LogP contribution in [0.4, 0.5) is 5.95 Å². The number of aliphatic hydroxyl groups is 4. The van der Waals surface area contributed by atoms with Gasteiger partial charge < -0.3 is 25.7 Å². The fraction of sp³-hybridized carbons (Fsp3) is 0.476. The minimum absolute atomic E-state index is 0.0329. The number of aliphatic hydroxyl groups excluding tert-OH is 4. The van der Waals surface area contributed by atoms with Gasteiger partial charge in [-0.3, -0.25) is 9.36 Å². The Balaban J connectivity index is 1.87. The Morgan fingerprint density at radius 3 is 2.52 bits per heavy atom. The molecule has 0 amide bonds. The Labute approximate surface area is 184 Å². The summed E-state index contributed by atoms with van der Waals surface area (Å²) < 4.78 is 1.55. The van der Waals surface area contributed by atoms with Crippen LogP contribution in [0.25, 0.3) is 0 Å². The molecule has 9 nitrogen and oxygen atoms in total. The normalized spacial score (nSPS) is 22.9. The van der Waals surface area contributed by atoms with E-state index in [-0.39, 0.29) is 17.0 Å². The van der Waals surface area contributed by atoms with Gasteiger partial charge in [-0.15, -0.1) is 10.2 Å². The second-order valence-electron chi connectivity index (χ2n) is 8.85. The highest BCUT2D eigenvalue weighted by molar-refractivity contribution is 6.30. The lowest BCUT2D eigenvalue weighted by Crippen LogP contribution is -2.39. The minimum atomic E-state index is -1.69. The van der Waals surface area contributed by atoms with E-state index in [9.17, 15) is 20.1 Å². The monoisotopic (exact) mass is 448 g/mol. The van der Waals surface area contributed by atoms with Crippen molar-refractivity contribution in [3.05, 3.63) is 51.9 Å². The second-order valence-corrected chi connectivity index (χ2v) is 9.29. The number of carbonyl (C=O) groups excluding carboxylic acids is 1. The molecule has 31 heavy (non-hydrogen) atoms. The average Bonchev–Trinajstić information content (AvgIpc) is 3.13. The van der Waals surface area contributed by atoms with Gasteiger partial charge in [0.15, 0.2) is 11.6 Å². The number of allylic oxidation sites excluding steroid dienone is 2. The Kier molecular flexibility index (Phi) is 5.65. The molecule has 1 aliphatic heterocycles. The zero-order valence-electron chi connectivity index (χ0n) is 17.2. The van der Waals surface area contributed by atoms with Crippen molar-refractivity contribution >= 4 is 23.3 Å². The summed E-state index contributed by atoms with van der Waals surface area (Å²) in [5.41, 5.74) is 1.80. The van der Waals surface area contributed by atoms with Crippen molar-refractivity contribution < 1.29 is 25.2 Å². The number of ketones is 1. The third-order valence-electron chi connectivity index (χ3n) is 5.79. The van der Waals surface area contributed by atoms with Gasteiger partial charge in [-0.1, -0.05) is 37.6 Å². The van der Waals surface area contributed by atoms with Gasteiger partial charge in [-0.2, -0.15) is 0 Å². The lowest BCUT2D eigenvalue weighted by molar-refractivity contribution is -0.118. The summed E-state index contributed by atoms with van der Waals surface area (Å²) in [5, 5.41) is 51.7. The fourth-order valence-electron chi connectivity index (χ4n) is 4.30. The summed E-state index contributed by atoms with van der Waals surface area (Å²) in [7, 11) is 0. The molecule has 5 N–H and O–H groups in total. The quantitative estimate of drug-likeness (QED) is 0.461. The van der Waals surface area contributed by atoms with Crippen molar-refractivity contribution in [3.8, 4) is 0 Å². The highest BCUT2D eigenvalue weighted by Gasteiger charge is 2.43. The number of fused-ring (bicyclic) bond motifs is 1. The molecule has 0 fully saturated rings. The molecule has 166 valence electrons. The third kappa shape index (κ3) is 3.88. The first kappa shape index (κ1) is 21.9. The van der Waals surface area contributed by atoms with Gasteiger partial charge in [0.2, 0.25) is 5.95 Å². The smallest absolute Gasteiger partial charge is 0.229 e. The van der Waals surface area contributed by atoms with Gasteiger partial charge >= 0.3 is 0 Å². The van der Waals surface area contributed by atoms with E-state index in [2.05, 4.69) is 15.5 Å². The first-order valence-corrected chi connectivity index (χ1v) is 10.4. The molecule has 1 aromatic heterocycles. The van der Waals surface area contributed by atoms with Crippen LogP contribution in [0.15, 0.2) is 35.5 Å². The molecule has 1 aromatic carbocycles. The number of anilines is 1. The average molecular weight is 449 g/mol. The summed E-state index contributed by atoms with van der Waals surface area (Å²) in [4.78, 5) is 13.2. The van der Waals surface area contributed by atoms with E-state index in [0.29, 0.717) is 29.4 Å². The molecule has 0 saturated carbocycles. The molecule has 0 bridgehead atoms. The number of carbonyl (C=O) groups is 1. The predicted molar refractivity (Wildman–Crippen MR) is 112 cm³/mol.